The van der Waals surface area contributed by atoms with Gasteiger partial charge in [-0.05, 0) is 38.9 Å². The third-order valence-corrected chi connectivity index (χ3v) is 5.33. The highest BCUT2D eigenvalue weighted by molar-refractivity contribution is 6.06. The quantitative estimate of drug-likeness (QED) is 0.859. The van der Waals surface area contributed by atoms with Gasteiger partial charge in [0, 0.05) is 31.9 Å². The molecule has 0 unspecified atom stereocenters. The van der Waals surface area contributed by atoms with Crippen LogP contribution in [0.15, 0.2) is 6.07 Å². The highest BCUT2D eigenvalue weighted by Crippen LogP contribution is 2.28. The predicted octanol–water partition coefficient (Wildman–Crippen LogP) is 2.42. The van der Waals surface area contributed by atoms with Crippen molar-refractivity contribution in [1.29, 1.82) is 0 Å². The second kappa shape index (κ2) is 6.41. The number of likely N-dealkylation sites (tertiary alicyclic amines) is 1. The predicted molar refractivity (Wildman–Crippen MR) is 99.9 cm³/mol. The lowest BCUT2D eigenvalue weighted by atomic mass is 10.0. The van der Waals surface area contributed by atoms with E-state index >= 15 is 0 Å². The van der Waals surface area contributed by atoms with Gasteiger partial charge in [0.1, 0.15) is 0 Å². The second-order valence-corrected chi connectivity index (χ2v) is 7.88. The van der Waals surface area contributed by atoms with Crippen LogP contribution in [0.1, 0.15) is 48.4 Å². The summed E-state index contributed by atoms with van der Waals surface area (Å²) in [6.45, 7) is 9.94. The van der Waals surface area contributed by atoms with E-state index in [0.717, 1.165) is 41.1 Å². The van der Waals surface area contributed by atoms with Crippen molar-refractivity contribution < 1.29 is 4.79 Å². The number of nitrogens with zero attached hydrogens (tertiary/aromatic N) is 5. The molecule has 1 saturated heterocycles. The van der Waals surface area contributed by atoms with Crippen molar-refractivity contribution in [3.05, 3.63) is 23.0 Å². The minimum absolute atomic E-state index is 0.0987. The molecule has 0 N–H and O–H groups in total. The number of hydrogen-bond donors (Lipinski definition) is 0. The Bertz CT molecular complexity index is 808. The summed E-state index contributed by atoms with van der Waals surface area (Å²) in [5.41, 5.74) is 3.34. The molecule has 1 amide bonds. The molecule has 6 nitrogen and oxygen atoms in total. The van der Waals surface area contributed by atoms with Crippen LogP contribution in [-0.2, 0) is 7.05 Å². The van der Waals surface area contributed by atoms with Crippen molar-refractivity contribution in [1.82, 2.24) is 24.6 Å². The minimum Gasteiger partial charge on any atom is -0.337 e. The van der Waals surface area contributed by atoms with Gasteiger partial charge in [-0.25, -0.2) is 4.98 Å². The first-order valence-corrected chi connectivity index (χ1v) is 9.00. The molecule has 3 rings (SSSR count). The number of likely N-dealkylation sites (N-methyl/N-ethyl adjacent to an activating group) is 1. The summed E-state index contributed by atoms with van der Waals surface area (Å²) in [5, 5.41) is 5.38. The lowest BCUT2D eigenvalue weighted by molar-refractivity contribution is 0.0783. The van der Waals surface area contributed by atoms with Crippen LogP contribution >= 0.6 is 0 Å². The van der Waals surface area contributed by atoms with Gasteiger partial charge >= 0.3 is 0 Å². The first kappa shape index (κ1) is 17.9. The molecule has 2 aromatic heterocycles. The number of rotatable bonds is 3. The third kappa shape index (κ3) is 3.03. The molecule has 0 radical (unpaired) electrons. The molecule has 1 aliphatic heterocycles. The van der Waals surface area contributed by atoms with Crippen LogP contribution in [0.4, 0.5) is 0 Å². The molecule has 2 atom stereocenters. The van der Waals surface area contributed by atoms with E-state index in [9.17, 15) is 4.79 Å². The Morgan fingerprint density at radius 1 is 1.32 bits per heavy atom. The number of aromatic nitrogens is 3. The van der Waals surface area contributed by atoms with Gasteiger partial charge in [-0.2, -0.15) is 5.10 Å². The van der Waals surface area contributed by atoms with E-state index in [1.54, 1.807) is 4.68 Å². The summed E-state index contributed by atoms with van der Waals surface area (Å²) >= 11 is 0. The molecule has 3 heterocycles. The summed E-state index contributed by atoms with van der Waals surface area (Å²) in [6, 6.07) is 2.37. The zero-order valence-corrected chi connectivity index (χ0v) is 16.4. The summed E-state index contributed by atoms with van der Waals surface area (Å²) in [6.07, 6.45) is 0. The maximum Gasteiger partial charge on any atom is 0.254 e. The van der Waals surface area contributed by atoms with Crippen LogP contribution < -0.4 is 0 Å². The van der Waals surface area contributed by atoms with Crippen molar-refractivity contribution in [2.45, 2.75) is 39.7 Å². The fourth-order valence-electron chi connectivity index (χ4n) is 3.89. The molecule has 0 bridgehead atoms. The largest absolute Gasteiger partial charge is 0.337 e. The highest BCUT2D eigenvalue weighted by atomic mass is 16.2. The lowest BCUT2D eigenvalue weighted by Gasteiger charge is -2.22. The first-order valence-electron chi connectivity index (χ1n) is 9.00. The maximum absolute atomic E-state index is 13.4. The number of aryl methyl sites for hydroxylation is 2. The average Bonchev–Trinajstić information content (AvgIpc) is 3.06. The van der Waals surface area contributed by atoms with E-state index in [1.807, 2.05) is 24.9 Å². The Hall–Kier alpha value is -1.95. The maximum atomic E-state index is 13.4. The van der Waals surface area contributed by atoms with Gasteiger partial charge in [0.15, 0.2) is 5.65 Å². The van der Waals surface area contributed by atoms with Crippen molar-refractivity contribution in [2.75, 3.05) is 27.2 Å². The molecule has 1 fully saturated rings. The number of fused-ring (bicyclic) bond motifs is 1. The van der Waals surface area contributed by atoms with Crippen molar-refractivity contribution >= 4 is 16.9 Å². The highest BCUT2D eigenvalue weighted by Gasteiger charge is 2.35. The monoisotopic (exact) mass is 343 g/mol. The number of pyridine rings is 1. The zero-order chi connectivity index (χ0) is 18.5. The number of carbonyl (C=O) groups excluding carboxylic acids is 1. The molecule has 136 valence electrons. The zero-order valence-electron chi connectivity index (χ0n) is 16.4. The van der Waals surface area contributed by atoms with Gasteiger partial charge in [-0.15, -0.1) is 0 Å². The Morgan fingerprint density at radius 3 is 2.56 bits per heavy atom. The van der Waals surface area contributed by atoms with Gasteiger partial charge < -0.3 is 9.80 Å². The summed E-state index contributed by atoms with van der Waals surface area (Å²) < 4.78 is 1.78. The topological polar surface area (TPSA) is 54.3 Å². The summed E-state index contributed by atoms with van der Waals surface area (Å²) in [5.74, 6) is 0.829. The Labute approximate surface area is 149 Å². The van der Waals surface area contributed by atoms with Crippen molar-refractivity contribution in [3.8, 4) is 0 Å². The van der Waals surface area contributed by atoms with E-state index in [0.29, 0.717) is 12.0 Å². The van der Waals surface area contributed by atoms with E-state index < -0.39 is 0 Å². The SMILES string of the molecule is Cc1nn(C)c2nc(C(C)C)cc(C(=O)N3C[C@@H](C)[C@H](N(C)C)C3)c12. The molecule has 2 aromatic rings. The van der Waals surface area contributed by atoms with E-state index in [2.05, 4.69) is 44.9 Å². The molecule has 1 aliphatic rings. The smallest absolute Gasteiger partial charge is 0.254 e. The first-order chi connectivity index (χ1) is 11.7. The second-order valence-electron chi connectivity index (χ2n) is 7.88. The van der Waals surface area contributed by atoms with Gasteiger partial charge in [0.25, 0.3) is 5.91 Å². The lowest BCUT2D eigenvalue weighted by Crippen LogP contribution is -2.35. The van der Waals surface area contributed by atoms with Crippen LogP contribution in [0.5, 0.6) is 0 Å². The fraction of sp³-hybridized carbons (Fsp3) is 0.632. The number of amides is 1. The van der Waals surface area contributed by atoms with Crippen LogP contribution in [0, 0.1) is 12.8 Å². The molecule has 25 heavy (non-hydrogen) atoms. The van der Waals surface area contributed by atoms with Crippen molar-refractivity contribution in [2.24, 2.45) is 13.0 Å². The summed E-state index contributed by atoms with van der Waals surface area (Å²) in [4.78, 5) is 22.3. The molecule has 0 spiro atoms. The van der Waals surface area contributed by atoms with E-state index in [1.165, 1.54) is 0 Å². The molecule has 0 aliphatic carbocycles. The minimum atomic E-state index is 0.0987. The van der Waals surface area contributed by atoms with E-state index in [-0.39, 0.29) is 11.8 Å². The van der Waals surface area contributed by atoms with Gasteiger partial charge in [-0.1, -0.05) is 20.8 Å². The van der Waals surface area contributed by atoms with Crippen LogP contribution in [0.3, 0.4) is 0 Å². The van der Waals surface area contributed by atoms with Gasteiger partial charge in [-0.3, -0.25) is 9.48 Å². The normalized spacial score (nSPS) is 21.1. The Morgan fingerprint density at radius 2 is 2.00 bits per heavy atom. The molecular weight excluding hydrogens is 314 g/mol. The third-order valence-electron chi connectivity index (χ3n) is 5.33. The molecule has 0 aromatic carbocycles. The molecule has 6 heteroatoms. The fourth-order valence-corrected chi connectivity index (χ4v) is 3.89. The van der Waals surface area contributed by atoms with E-state index in [4.69, 9.17) is 4.98 Å². The number of hydrogen-bond acceptors (Lipinski definition) is 4. The Balaban J connectivity index is 2.07. The van der Waals surface area contributed by atoms with Crippen LogP contribution in [0.2, 0.25) is 0 Å². The molecule has 0 saturated carbocycles. The summed E-state index contributed by atoms with van der Waals surface area (Å²) in [7, 11) is 6.06. The Kier molecular flexibility index (Phi) is 4.58. The standard InChI is InChI=1S/C19H29N5O/c1-11(2)15-8-14(17-13(4)21-23(7)18(17)20-15)19(25)24-9-12(3)16(10-24)22(5)6/h8,11-12,16H,9-10H2,1-7H3/t12-,16-/m1/s1. The van der Waals surface area contributed by atoms with Gasteiger partial charge in [0.2, 0.25) is 0 Å². The van der Waals surface area contributed by atoms with Gasteiger partial charge in [0.05, 0.1) is 16.6 Å². The van der Waals surface area contributed by atoms with Crippen LogP contribution in [-0.4, -0.2) is 63.7 Å². The average molecular weight is 343 g/mol. The van der Waals surface area contributed by atoms with Crippen LogP contribution in [0.25, 0.3) is 11.0 Å². The van der Waals surface area contributed by atoms with Crippen molar-refractivity contribution in [3.63, 3.8) is 0 Å². The number of carbonyl (C=O) groups is 1. The molecular formula is C19H29N5O.